The van der Waals surface area contributed by atoms with Crippen LogP contribution in [-0.4, -0.2) is 26.2 Å². The van der Waals surface area contributed by atoms with Crippen LogP contribution in [0.5, 0.6) is 5.75 Å². The molecule has 0 fully saturated rings. The molecule has 2 aromatic carbocycles. The van der Waals surface area contributed by atoms with Crippen LogP contribution < -0.4 is 9.64 Å². The highest BCUT2D eigenvalue weighted by Crippen LogP contribution is 2.40. The van der Waals surface area contributed by atoms with Crippen molar-refractivity contribution in [1.82, 2.24) is 0 Å². The zero-order chi connectivity index (χ0) is 16.4. The number of methoxy groups -OCH3 is 1. The number of nitrogens with zero attached hydrogens (tertiary/aromatic N) is 1. The third-order valence-electron chi connectivity index (χ3n) is 4.32. The highest BCUT2D eigenvalue weighted by atomic mass is 16.6. The van der Waals surface area contributed by atoms with E-state index in [-0.39, 0.29) is 5.97 Å². The van der Waals surface area contributed by atoms with Crippen molar-refractivity contribution < 1.29 is 14.3 Å². The first kappa shape index (κ1) is 15.4. The maximum atomic E-state index is 12.0. The second-order valence-electron chi connectivity index (χ2n) is 5.47. The maximum Gasteiger partial charge on any atom is 0.339 e. The molecule has 4 heteroatoms. The molecular weight excluding hydrogens is 290 g/mol. The second kappa shape index (κ2) is 6.32. The van der Waals surface area contributed by atoms with Gasteiger partial charge in [-0.3, -0.25) is 0 Å². The van der Waals surface area contributed by atoms with E-state index < -0.39 is 6.10 Å². The van der Waals surface area contributed by atoms with Crippen molar-refractivity contribution >= 4 is 11.7 Å². The Bertz CT molecular complexity index is 722. The fraction of sp³-hybridized carbons (Fsp3) is 0.316. The summed E-state index contributed by atoms with van der Waals surface area (Å²) in [5, 5.41) is 0. The number of anilines is 1. The molecule has 0 aliphatic carbocycles. The summed E-state index contributed by atoms with van der Waals surface area (Å²) < 4.78 is 11.2. The molecule has 3 rings (SSSR count). The third kappa shape index (κ3) is 2.65. The Labute approximate surface area is 136 Å². The Hall–Kier alpha value is -2.49. The largest absolute Gasteiger partial charge is 0.496 e. The van der Waals surface area contributed by atoms with E-state index in [9.17, 15) is 4.79 Å². The number of esters is 1. The smallest absolute Gasteiger partial charge is 0.339 e. The molecule has 2 aromatic rings. The van der Waals surface area contributed by atoms with Gasteiger partial charge in [-0.25, -0.2) is 4.79 Å². The van der Waals surface area contributed by atoms with Crippen molar-refractivity contribution in [3.05, 3.63) is 59.2 Å². The van der Waals surface area contributed by atoms with E-state index in [2.05, 4.69) is 24.8 Å². The maximum absolute atomic E-state index is 12.0. The van der Waals surface area contributed by atoms with Crippen molar-refractivity contribution in [1.29, 1.82) is 0 Å². The third-order valence-corrected chi connectivity index (χ3v) is 4.32. The number of carbonyl (C=O) groups is 1. The zero-order valence-electron chi connectivity index (χ0n) is 13.7. The van der Waals surface area contributed by atoms with Crippen LogP contribution in [-0.2, 0) is 4.74 Å². The fourth-order valence-electron chi connectivity index (χ4n) is 3.08. The number of hydrogen-bond donors (Lipinski definition) is 0. The van der Waals surface area contributed by atoms with Crippen LogP contribution in [0.4, 0.5) is 5.69 Å². The molecule has 0 aromatic heterocycles. The number of ether oxygens (including phenoxy) is 2. The fourth-order valence-corrected chi connectivity index (χ4v) is 3.08. The molecule has 0 bridgehead atoms. The summed E-state index contributed by atoms with van der Waals surface area (Å²) in [6.07, 6.45) is -0.403. The predicted molar refractivity (Wildman–Crippen MR) is 90.3 cm³/mol. The molecular formula is C19H21NO3. The van der Waals surface area contributed by atoms with Gasteiger partial charge >= 0.3 is 5.97 Å². The topological polar surface area (TPSA) is 38.8 Å². The molecule has 0 saturated heterocycles. The SMILES string of the molecule is CCN(CC)c1ccc(C2OC(=O)c3ccccc32)c(OC)c1. The standard InChI is InChI=1S/C19H21NO3/c1-4-20(5-2)13-10-11-16(17(12-13)22-3)18-14-8-6-7-9-15(14)19(21)23-18/h6-12,18H,4-5H2,1-3H3. The van der Waals surface area contributed by atoms with Crippen LogP contribution in [0.1, 0.15) is 41.4 Å². The van der Waals surface area contributed by atoms with E-state index in [4.69, 9.17) is 9.47 Å². The van der Waals surface area contributed by atoms with Crippen molar-refractivity contribution in [3.8, 4) is 5.75 Å². The minimum atomic E-state index is -0.403. The Morgan fingerprint density at radius 2 is 1.83 bits per heavy atom. The van der Waals surface area contributed by atoms with Gasteiger partial charge in [0.2, 0.25) is 0 Å². The van der Waals surface area contributed by atoms with Crippen molar-refractivity contribution in [2.45, 2.75) is 20.0 Å². The van der Waals surface area contributed by atoms with Crippen molar-refractivity contribution in [2.75, 3.05) is 25.1 Å². The van der Waals surface area contributed by atoms with Crippen molar-refractivity contribution in [2.24, 2.45) is 0 Å². The van der Waals surface area contributed by atoms with Crippen LogP contribution >= 0.6 is 0 Å². The van der Waals surface area contributed by atoms with Crippen LogP contribution in [0.2, 0.25) is 0 Å². The average molecular weight is 311 g/mol. The van der Waals surface area contributed by atoms with Gasteiger partial charge in [-0.2, -0.15) is 0 Å². The van der Waals surface area contributed by atoms with Crippen LogP contribution in [0, 0.1) is 0 Å². The van der Waals surface area contributed by atoms with Crippen LogP contribution in [0.15, 0.2) is 42.5 Å². The summed E-state index contributed by atoms with van der Waals surface area (Å²) in [7, 11) is 1.65. The number of fused-ring (bicyclic) bond motifs is 1. The number of carbonyl (C=O) groups excluding carboxylic acids is 1. The predicted octanol–water partition coefficient (Wildman–Crippen LogP) is 3.80. The number of hydrogen-bond acceptors (Lipinski definition) is 4. The first-order chi connectivity index (χ1) is 11.2. The highest BCUT2D eigenvalue weighted by Gasteiger charge is 2.33. The molecule has 23 heavy (non-hydrogen) atoms. The summed E-state index contributed by atoms with van der Waals surface area (Å²) >= 11 is 0. The summed E-state index contributed by atoms with van der Waals surface area (Å²) in [5.41, 5.74) is 3.51. The Morgan fingerprint density at radius 1 is 1.09 bits per heavy atom. The molecule has 0 saturated carbocycles. The summed E-state index contributed by atoms with van der Waals surface area (Å²) in [4.78, 5) is 14.3. The molecule has 0 spiro atoms. The van der Waals surface area contributed by atoms with Crippen molar-refractivity contribution in [3.63, 3.8) is 0 Å². The molecule has 1 heterocycles. The van der Waals surface area contributed by atoms with E-state index in [1.54, 1.807) is 13.2 Å². The molecule has 1 unspecified atom stereocenters. The molecule has 1 aliphatic heterocycles. The normalized spacial score (nSPS) is 16.0. The summed E-state index contributed by atoms with van der Waals surface area (Å²) in [6.45, 7) is 6.11. The van der Waals surface area contributed by atoms with Gasteiger partial charge < -0.3 is 14.4 Å². The minimum Gasteiger partial charge on any atom is -0.496 e. The first-order valence-corrected chi connectivity index (χ1v) is 7.92. The summed E-state index contributed by atoms with van der Waals surface area (Å²) in [6, 6.07) is 13.6. The van der Waals surface area contributed by atoms with Gasteiger partial charge in [-0.15, -0.1) is 0 Å². The zero-order valence-corrected chi connectivity index (χ0v) is 13.7. The van der Waals surface area contributed by atoms with Gasteiger partial charge in [0, 0.05) is 36.0 Å². The molecule has 0 amide bonds. The van der Waals surface area contributed by atoms with E-state index in [0.29, 0.717) is 5.56 Å². The molecule has 4 nitrogen and oxygen atoms in total. The van der Waals surface area contributed by atoms with Crippen LogP contribution in [0.25, 0.3) is 0 Å². The Balaban J connectivity index is 2.03. The number of rotatable bonds is 5. The first-order valence-electron chi connectivity index (χ1n) is 7.92. The molecule has 0 N–H and O–H groups in total. The number of benzene rings is 2. The molecule has 1 atom stereocenters. The lowest BCUT2D eigenvalue weighted by Gasteiger charge is -2.23. The van der Waals surface area contributed by atoms with Gasteiger partial charge in [0.25, 0.3) is 0 Å². The van der Waals surface area contributed by atoms with E-state index in [0.717, 1.165) is 35.7 Å². The molecule has 1 aliphatic rings. The molecule has 120 valence electrons. The lowest BCUT2D eigenvalue weighted by molar-refractivity contribution is 0.0452. The Morgan fingerprint density at radius 3 is 2.52 bits per heavy atom. The van der Waals surface area contributed by atoms with Gasteiger partial charge in [0.15, 0.2) is 6.10 Å². The van der Waals surface area contributed by atoms with Crippen LogP contribution in [0.3, 0.4) is 0 Å². The minimum absolute atomic E-state index is 0.277. The van der Waals surface area contributed by atoms with E-state index in [1.807, 2.05) is 30.3 Å². The lowest BCUT2D eigenvalue weighted by atomic mass is 9.98. The Kier molecular flexibility index (Phi) is 4.24. The van der Waals surface area contributed by atoms with Gasteiger partial charge in [0.05, 0.1) is 12.7 Å². The lowest BCUT2D eigenvalue weighted by Crippen LogP contribution is -2.21. The monoisotopic (exact) mass is 311 g/mol. The number of cyclic esters (lactones) is 1. The highest BCUT2D eigenvalue weighted by molar-refractivity contribution is 5.94. The van der Waals surface area contributed by atoms with E-state index in [1.165, 1.54) is 0 Å². The second-order valence-corrected chi connectivity index (χ2v) is 5.47. The quantitative estimate of drug-likeness (QED) is 0.787. The summed E-state index contributed by atoms with van der Waals surface area (Å²) in [5.74, 6) is 0.462. The molecule has 0 radical (unpaired) electrons. The van der Waals surface area contributed by atoms with Gasteiger partial charge in [0.1, 0.15) is 5.75 Å². The average Bonchev–Trinajstić information content (AvgIpc) is 2.93. The van der Waals surface area contributed by atoms with Gasteiger partial charge in [-0.05, 0) is 32.0 Å². The van der Waals surface area contributed by atoms with Gasteiger partial charge in [-0.1, -0.05) is 18.2 Å². The van der Waals surface area contributed by atoms with E-state index >= 15 is 0 Å².